The van der Waals surface area contributed by atoms with Gasteiger partial charge in [-0.2, -0.15) is 0 Å². The van der Waals surface area contributed by atoms with Gasteiger partial charge < -0.3 is 10.2 Å². The maximum absolute atomic E-state index is 10.9. The van der Waals surface area contributed by atoms with Crippen LogP contribution in [-0.2, 0) is 4.79 Å². The monoisotopic (exact) mass is 243 g/mol. The standard InChI is InChI=1S/C13H25NO3/c1-12(2)7-5-10(6-8-12)14(4)9-13(3,17)11(15)16/h10,17H,5-9H2,1-4H3,(H,15,16). The highest BCUT2D eigenvalue weighted by atomic mass is 16.4. The number of rotatable bonds is 4. The fourth-order valence-corrected chi connectivity index (χ4v) is 2.51. The molecule has 4 heteroatoms. The Bertz CT molecular complexity index is 276. The number of carboxylic acid groups (broad SMARTS) is 1. The van der Waals surface area contributed by atoms with Gasteiger partial charge in [0.15, 0.2) is 5.60 Å². The summed E-state index contributed by atoms with van der Waals surface area (Å²) in [5.41, 5.74) is -1.24. The van der Waals surface area contributed by atoms with Crippen LogP contribution < -0.4 is 0 Å². The maximum Gasteiger partial charge on any atom is 0.336 e. The average molecular weight is 243 g/mol. The zero-order valence-corrected chi connectivity index (χ0v) is 11.4. The summed E-state index contributed by atoms with van der Waals surface area (Å²) in [5.74, 6) is -1.15. The van der Waals surface area contributed by atoms with Crippen LogP contribution >= 0.6 is 0 Å². The van der Waals surface area contributed by atoms with Gasteiger partial charge in [0.05, 0.1) is 0 Å². The van der Waals surface area contributed by atoms with Gasteiger partial charge in [0.25, 0.3) is 0 Å². The first-order valence-corrected chi connectivity index (χ1v) is 6.30. The summed E-state index contributed by atoms with van der Waals surface area (Å²) in [6.07, 6.45) is 4.49. The Morgan fingerprint density at radius 3 is 2.29 bits per heavy atom. The molecule has 4 nitrogen and oxygen atoms in total. The molecule has 0 saturated heterocycles. The van der Waals surface area contributed by atoms with E-state index < -0.39 is 11.6 Å². The molecule has 0 aromatic heterocycles. The highest BCUT2D eigenvalue weighted by Crippen LogP contribution is 2.36. The summed E-state index contributed by atoms with van der Waals surface area (Å²) in [6.45, 7) is 6.10. The first-order chi connectivity index (χ1) is 7.64. The molecule has 0 amide bonds. The van der Waals surface area contributed by atoms with Gasteiger partial charge in [-0.05, 0) is 45.1 Å². The molecule has 0 aliphatic heterocycles. The number of aliphatic hydroxyl groups is 1. The zero-order chi connectivity index (χ0) is 13.3. The molecular formula is C13H25NO3. The Kier molecular flexibility index (Phi) is 4.20. The van der Waals surface area contributed by atoms with Crippen LogP contribution in [0.15, 0.2) is 0 Å². The molecule has 100 valence electrons. The molecule has 1 aliphatic carbocycles. The van der Waals surface area contributed by atoms with Crippen molar-refractivity contribution in [1.82, 2.24) is 4.90 Å². The van der Waals surface area contributed by atoms with Gasteiger partial charge in [-0.25, -0.2) is 4.79 Å². The van der Waals surface area contributed by atoms with Crippen molar-refractivity contribution in [3.8, 4) is 0 Å². The van der Waals surface area contributed by atoms with Crippen LogP contribution in [0, 0.1) is 5.41 Å². The van der Waals surface area contributed by atoms with Gasteiger partial charge in [0.1, 0.15) is 0 Å². The predicted molar refractivity (Wildman–Crippen MR) is 66.9 cm³/mol. The lowest BCUT2D eigenvalue weighted by Crippen LogP contribution is -2.49. The minimum absolute atomic E-state index is 0.188. The normalized spacial score (nSPS) is 24.6. The fraction of sp³-hybridized carbons (Fsp3) is 0.923. The van der Waals surface area contributed by atoms with Gasteiger partial charge in [0.2, 0.25) is 0 Å². The van der Waals surface area contributed by atoms with Crippen molar-refractivity contribution in [2.24, 2.45) is 5.41 Å². The maximum atomic E-state index is 10.9. The molecule has 2 N–H and O–H groups in total. The second kappa shape index (κ2) is 4.94. The average Bonchev–Trinajstić information content (AvgIpc) is 2.16. The first kappa shape index (κ1) is 14.5. The topological polar surface area (TPSA) is 60.8 Å². The van der Waals surface area contributed by atoms with Crippen LogP contribution in [0.1, 0.15) is 46.5 Å². The van der Waals surface area contributed by atoms with E-state index in [1.54, 1.807) is 0 Å². The highest BCUT2D eigenvalue weighted by molar-refractivity contribution is 5.76. The molecule has 0 heterocycles. The van der Waals surface area contributed by atoms with Gasteiger partial charge >= 0.3 is 5.97 Å². The number of likely N-dealkylation sites (N-methyl/N-ethyl adjacent to an activating group) is 1. The minimum atomic E-state index is -1.65. The Morgan fingerprint density at radius 1 is 1.41 bits per heavy atom. The Balaban J connectivity index is 2.50. The summed E-state index contributed by atoms with van der Waals surface area (Å²) >= 11 is 0. The van der Waals surface area contributed by atoms with Gasteiger partial charge in [-0.1, -0.05) is 13.8 Å². The van der Waals surface area contributed by atoms with Gasteiger partial charge in [-0.15, -0.1) is 0 Å². The van der Waals surface area contributed by atoms with Gasteiger partial charge in [0, 0.05) is 12.6 Å². The zero-order valence-electron chi connectivity index (χ0n) is 11.4. The number of nitrogens with zero attached hydrogens (tertiary/aromatic N) is 1. The second-order valence-electron chi connectivity index (χ2n) is 6.39. The van der Waals surface area contributed by atoms with Crippen molar-refractivity contribution in [2.45, 2.75) is 58.1 Å². The molecule has 0 bridgehead atoms. The molecule has 0 radical (unpaired) electrons. The SMILES string of the molecule is CN(CC(C)(O)C(=O)O)C1CCC(C)(C)CC1. The number of carboxylic acids is 1. The van der Waals surface area contributed by atoms with Crippen molar-refractivity contribution in [3.05, 3.63) is 0 Å². The van der Waals surface area contributed by atoms with Crippen molar-refractivity contribution in [2.75, 3.05) is 13.6 Å². The van der Waals surface area contributed by atoms with Crippen LogP contribution in [0.4, 0.5) is 0 Å². The molecule has 1 saturated carbocycles. The van der Waals surface area contributed by atoms with E-state index in [1.807, 2.05) is 11.9 Å². The summed E-state index contributed by atoms with van der Waals surface area (Å²) in [5, 5.41) is 18.6. The number of aliphatic carboxylic acids is 1. The van der Waals surface area contributed by atoms with E-state index in [1.165, 1.54) is 6.92 Å². The molecule has 17 heavy (non-hydrogen) atoms. The smallest absolute Gasteiger partial charge is 0.336 e. The molecule has 0 aromatic rings. The summed E-state index contributed by atoms with van der Waals surface area (Å²) in [6, 6.07) is 0.397. The summed E-state index contributed by atoms with van der Waals surface area (Å²) < 4.78 is 0. The van der Waals surface area contributed by atoms with Crippen molar-refractivity contribution in [3.63, 3.8) is 0 Å². The van der Waals surface area contributed by atoms with Crippen LogP contribution in [0.3, 0.4) is 0 Å². The van der Waals surface area contributed by atoms with E-state index in [-0.39, 0.29) is 6.54 Å². The Morgan fingerprint density at radius 2 is 1.88 bits per heavy atom. The van der Waals surface area contributed by atoms with E-state index in [2.05, 4.69) is 13.8 Å². The minimum Gasteiger partial charge on any atom is -0.479 e. The van der Waals surface area contributed by atoms with Crippen LogP contribution in [-0.4, -0.2) is 46.3 Å². The lowest BCUT2D eigenvalue weighted by Gasteiger charge is -2.40. The van der Waals surface area contributed by atoms with Crippen molar-refractivity contribution < 1.29 is 15.0 Å². The van der Waals surface area contributed by atoms with E-state index in [0.717, 1.165) is 25.7 Å². The fourth-order valence-electron chi connectivity index (χ4n) is 2.51. The Labute approximate surface area is 104 Å². The molecule has 1 rings (SSSR count). The third kappa shape index (κ3) is 3.96. The van der Waals surface area contributed by atoms with E-state index in [0.29, 0.717) is 11.5 Å². The van der Waals surface area contributed by atoms with Crippen LogP contribution in [0.2, 0.25) is 0 Å². The Hall–Kier alpha value is -0.610. The van der Waals surface area contributed by atoms with Crippen molar-refractivity contribution in [1.29, 1.82) is 0 Å². The molecule has 1 atom stereocenters. The summed E-state index contributed by atoms with van der Waals surface area (Å²) in [4.78, 5) is 12.9. The lowest BCUT2D eigenvalue weighted by molar-refractivity contribution is -0.158. The molecular weight excluding hydrogens is 218 g/mol. The van der Waals surface area contributed by atoms with Crippen LogP contribution in [0.25, 0.3) is 0 Å². The number of hydrogen-bond donors (Lipinski definition) is 2. The van der Waals surface area contributed by atoms with Gasteiger partial charge in [-0.3, -0.25) is 4.90 Å². The molecule has 0 spiro atoms. The highest BCUT2D eigenvalue weighted by Gasteiger charge is 2.35. The lowest BCUT2D eigenvalue weighted by atomic mass is 9.75. The van der Waals surface area contributed by atoms with E-state index in [4.69, 9.17) is 5.11 Å². The van der Waals surface area contributed by atoms with E-state index >= 15 is 0 Å². The van der Waals surface area contributed by atoms with Crippen molar-refractivity contribution >= 4 is 5.97 Å². The molecule has 1 aliphatic rings. The number of hydrogen-bond acceptors (Lipinski definition) is 3. The third-order valence-electron chi connectivity index (χ3n) is 3.95. The third-order valence-corrected chi connectivity index (χ3v) is 3.95. The largest absolute Gasteiger partial charge is 0.479 e. The van der Waals surface area contributed by atoms with Crippen LogP contribution in [0.5, 0.6) is 0 Å². The van der Waals surface area contributed by atoms with E-state index in [9.17, 15) is 9.90 Å². The first-order valence-electron chi connectivity index (χ1n) is 6.30. The second-order valence-corrected chi connectivity index (χ2v) is 6.39. The molecule has 0 aromatic carbocycles. The predicted octanol–water partition coefficient (Wildman–Crippen LogP) is 1.72. The quantitative estimate of drug-likeness (QED) is 0.789. The summed E-state index contributed by atoms with van der Waals surface area (Å²) in [7, 11) is 1.90. The number of carbonyl (C=O) groups is 1. The molecule has 1 unspecified atom stereocenters. The molecule has 1 fully saturated rings.